The molecule has 1 N–H and O–H groups in total. The maximum Gasteiger partial charge on any atom is 0.346 e. The summed E-state index contributed by atoms with van der Waals surface area (Å²) in [5.74, 6) is -0.505. The summed E-state index contributed by atoms with van der Waals surface area (Å²) in [6.07, 6.45) is 2.40. The zero-order valence-electron chi connectivity index (χ0n) is 11.1. The van der Waals surface area contributed by atoms with Crippen LogP contribution in [0.25, 0.3) is 10.2 Å². The zero-order valence-corrected chi connectivity index (χ0v) is 12.0. The molecule has 0 aliphatic rings. The smallest absolute Gasteiger partial charge is 0.346 e. The number of hydrogen-bond donors (Lipinski definition) is 1. The van der Waals surface area contributed by atoms with E-state index >= 15 is 0 Å². The minimum atomic E-state index is -1.01. The number of carboxylic acid groups (broad SMARTS) is 1. The fourth-order valence-electron chi connectivity index (χ4n) is 1.92. The quantitative estimate of drug-likeness (QED) is 0.934. The van der Waals surface area contributed by atoms with Crippen LogP contribution in [0.3, 0.4) is 0 Å². The Morgan fingerprint density at radius 1 is 1.53 bits per heavy atom. The van der Waals surface area contributed by atoms with Gasteiger partial charge in [-0.2, -0.15) is 0 Å². The molecule has 19 heavy (non-hydrogen) atoms. The number of nitrogens with zero attached hydrogens (tertiary/aromatic N) is 2. The monoisotopic (exact) mass is 280 g/mol. The van der Waals surface area contributed by atoms with E-state index in [0.717, 1.165) is 17.8 Å². The second kappa shape index (κ2) is 5.13. The molecule has 2 heterocycles. The van der Waals surface area contributed by atoms with Crippen LogP contribution < -0.4 is 5.56 Å². The van der Waals surface area contributed by atoms with Gasteiger partial charge in [0.1, 0.15) is 9.71 Å². The molecule has 0 atom stereocenters. The van der Waals surface area contributed by atoms with Gasteiger partial charge in [-0.25, -0.2) is 9.78 Å². The summed E-state index contributed by atoms with van der Waals surface area (Å²) >= 11 is 1.06. The Hall–Kier alpha value is -1.69. The Morgan fingerprint density at radius 3 is 2.79 bits per heavy atom. The predicted octanol–water partition coefficient (Wildman–Crippen LogP) is 2.51. The molecule has 0 fully saturated rings. The lowest BCUT2D eigenvalue weighted by Crippen LogP contribution is -2.21. The van der Waals surface area contributed by atoms with Crippen molar-refractivity contribution in [1.29, 1.82) is 0 Å². The normalized spacial score (nSPS) is 11.4. The highest BCUT2D eigenvalue weighted by Crippen LogP contribution is 2.26. The van der Waals surface area contributed by atoms with E-state index < -0.39 is 5.97 Å². The van der Waals surface area contributed by atoms with Gasteiger partial charge < -0.3 is 5.11 Å². The number of aryl methyl sites for hydroxylation is 2. The number of carboxylic acids is 1. The summed E-state index contributed by atoms with van der Waals surface area (Å²) in [7, 11) is 0. The minimum absolute atomic E-state index is 0.146. The van der Waals surface area contributed by atoms with E-state index in [1.807, 2.05) is 0 Å². The molecular formula is C13H16N2O3S. The van der Waals surface area contributed by atoms with Gasteiger partial charge in [0, 0.05) is 6.54 Å². The van der Waals surface area contributed by atoms with Gasteiger partial charge in [-0.3, -0.25) is 9.36 Å². The molecule has 0 spiro atoms. The summed E-state index contributed by atoms with van der Waals surface area (Å²) in [6, 6.07) is 0. The van der Waals surface area contributed by atoms with Crippen molar-refractivity contribution in [2.75, 3.05) is 0 Å². The van der Waals surface area contributed by atoms with Gasteiger partial charge in [0.25, 0.3) is 5.56 Å². The predicted molar refractivity (Wildman–Crippen MR) is 75.0 cm³/mol. The van der Waals surface area contributed by atoms with Crippen LogP contribution >= 0.6 is 11.3 Å². The summed E-state index contributed by atoms with van der Waals surface area (Å²) in [5.41, 5.74) is 0.371. The summed E-state index contributed by atoms with van der Waals surface area (Å²) in [5, 5.41) is 9.52. The number of rotatable bonds is 4. The van der Waals surface area contributed by atoms with Gasteiger partial charge in [0.2, 0.25) is 0 Å². The van der Waals surface area contributed by atoms with Gasteiger partial charge in [0.15, 0.2) is 0 Å². The van der Waals surface area contributed by atoms with E-state index in [2.05, 4.69) is 18.8 Å². The van der Waals surface area contributed by atoms with Crippen molar-refractivity contribution in [2.45, 2.75) is 33.7 Å². The van der Waals surface area contributed by atoms with Crippen molar-refractivity contribution in [3.05, 3.63) is 27.1 Å². The van der Waals surface area contributed by atoms with Crippen LogP contribution in [0.4, 0.5) is 0 Å². The molecule has 102 valence electrons. The van der Waals surface area contributed by atoms with Crippen LogP contribution in [0, 0.1) is 12.8 Å². The number of aromatic carboxylic acids is 1. The molecule has 0 amide bonds. The van der Waals surface area contributed by atoms with E-state index in [1.165, 1.54) is 6.33 Å². The van der Waals surface area contributed by atoms with Gasteiger partial charge in [0.05, 0.1) is 11.7 Å². The molecule has 2 aromatic rings. The Balaban J connectivity index is 2.55. The molecule has 0 aromatic carbocycles. The van der Waals surface area contributed by atoms with Crippen LogP contribution in [0.15, 0.2) is 11.1 Å². The van der Waals surface area contributed by atoms with Crippen molar-refractivity contribution >= 4 is 27.5 Å². The summed E-state index contributed by atoms with van der Waals surface area (Å²) in [4.78, 5) is 28.3. The lowest BCUT2D eigenvalue weighted by Gasteiger charge is -2.07. The SMILES string of the molecule is Cc1c(C(=O)O)sc2ncn(CCC(C)C)c(=O)c12. The molecule has 0 radical (unpaired) electrons. The largest absolute Gasteiger partial charge is 0.477 e. The van der Waals surface area contributed by atoms with Crippen molar-refractivity contribution in [3.8, 4) is 0 Å². The van der Waals surface area contributed by atoms with Crippen molar-refractivity contribution < 1.29 is 9.90 Å². The van der Waals surface area contributed by atoms with Gasteiger partial charge in [-0.1, -0.05) is 13.8 Å². The highest BCUT2D eigenvalue weighted by Gasteiger charge is 2.18. The Morgan fingerprint density at radius 2 is 2.21 bits per heavy atom. The number of thiophene rings is 1. The van der Waals surface area contributed by atoms with Gasteiger partial charge in [-0.15, -0.1) is 11.3 Å². The fraction of sp³-hybridized carbons (Fsp3) is 0.462. The number of carbonyl (C=O) groups is 1. The molecule has 6 heteroatoms. The van der Waals surface area contributed by atoms with Crippen LogP contribution in [-0.2, 0) is 6.54 Å². The van der Waals surface area contributed by atoms with E-state index in [-0.39, 0.29) is 10.4 Å². The zero-order chi connectivity index (χ0) is 14.2. The van der Waals surface area contributed by atoms with Crippen LogP contribution in [0.2, 0.25) is 0 Å². The lowest BCUT2D eigenvalue weighted by molar-refractivity contribution is 0.0701. The molecule has 0 saturated heterocycles. The highest BCUT2D eigenvalue weighted by atomic mass is 32.1. The molecule has 0 unspecified atom stereocenters. The first-order chi connectivity index (χ1) is 8.91. The van der Waals surface area contributed by atoms with Crippen LogP contribution in [0.5, 0.6) is 0 Å². The number of fused-ring (bicyclic) bond motifs is 1. The average molecular weight is 280 g/mol. The van der Waals surface area contributed by atoms with Gasteiger partial charge in [-0.05, 0) is 24.8 Å². The molecule has 2 rings (SSSR count). The first-order valence-electron chi connectivity index (χ1n) is 6.13. The summed E-state index contributed by atoms with van der Waals surface area (Å²) in [6.45, 7) is 6.46. The van der Waals surface area contributed by atoms with E-state index in [1.54, 1.807) is 11.5 Å². The molecule has 0 aliphatic heterocycles. The number of aromatic nitrogens is 2. The van der Waals surface area contributed by atoms with Crippen LogP contribution in [-0.4, -0.2) is 20.6 Å². The first-order valence-corrected chi connectivity index (χ1v) is 6.95. The third kappa shape index (κ3) is 2.53. The fourth-order valence-corrected chi connectivity index (χ4v) is 2.90. The molecule has 0 bridgehead atoms. The minimum Gasteiger partial charge on any atom is -0.477 e. The van der Waals surface area contributed by atoms with E-state index in [9.17, 15) is 9.59 Å². The van der Waals surface area contributed by atoms with E-state index in [4.69, 9.17) is 5.11 Å². The second-order valence-corrected chi connectivity index (χ2v) is 5.97. The summed E-state index contributed by atoms with van der Waals surface area (Å²) < 4.78 is 1.56. The molecule has 0 saturated carbocycles. The van der Waals surface area contributed by atoms with Crippen molar-refractivity contribution in [3.63, 3.8) is 0 Å². The Kier molecular flexibility index (Phi) is 3.71. The first kappa shape index (κ1) is 13.7. The van der Waals surface area contributed by atoms with Crippen molar-refractivity contribution in [1.82, 2.24) is 9.55 Å². The highest BCUT2D eigenvalue weighted by molar-refractivity contribution is 7.20. The maximum absolute atomic E-state index is 12.3. The third-order valence-electron chi connectivity index (χ3n) is 3.06. The molecule has 5 nitrogen and oxygen atoms in total. The van der Waals surface area contributed by atoms with Crippen molar-refractivity contribution in [2.24, 2.45) is 5.92 Å². The maximum atomic E-state index is 12.3. The van der Waals surface area contributed by atoms with E-state index in [0.29, 0.717) is 28.2 Å². The molecule has 2 aromatic heterocycles. The van der Waals surface area contributed by atoms with Gasteiger partial charge >= 0.3 is 5.97 Å². The number of hydrogen-bond acceptors (Lipinski definition) is 4. The molecule has 0 aliphatic carbocycles. The molecular weight excluding hydrogens is 264 g/mol. The third-order valence-corrected chi connectivity index (χ3v) is 4.25. The Bertz CT molecular complexity index is 685. The topological polar surface area (TPSA) is 72.2 Å². The second-order valence-electron chi connectivity index (χ2n) is 4.97. The van der Waals surface area contributed by atoms with Crippen LogP contribution in [0.1, 0.15) is 35.5 Å². The Labute approximate surface area is 114 Å². The average Bonchev–Trinajstić information content (AvgIpc) is 2.66. The lowest BCUT2D eigenvalue weighted by atomic mass is 10.1. The standard InChI is InChI=1S/C13H16N2O3S/c1-7(2)4-5-15-6-14-11-9(12(15)16)8(3)10(19-11)13(17)18/h6-7H,4-5H2,1-3H3,(H,17,18).